The van der Waals surface area contributed by atoms with E-state index in [1.807, 2.05) is 0 Å². The van der Waals surface area contributed by atoms with E-state index in [-0.39, 0.29) is 5.91 Å². The molecule has 2 rings (SSSR count). The highest BCUT2D eigenvalue weighted by Gasteiger charge is 2.23. The second-order valence-electron chi connectivity index (χ2n) is 4.35. The van der Waals surface area contributed by atoms with Crippen LogP contribution in [0, 0.1) is 5.82 Å². The van der Waals surface area contributed by atoms with Crippen LogP contribution in [0.15, 0.2) is 18.2 Å². The van der Waals surface area contributed by atoms with E-state index in [0.29, 0.717) is 11.5 Å². The van der Waals surface area contributed by atoms with Gasteiger partial charge >= 0.3 is 0 Å². The lowest BCUT2D eigenvalue weighted by Crippen LogP contribution is -2.23. The summed E-state index contributed by atoms with van der Waals surface area (Å²) in [6.07, 6.45) is 4.48. The van der Waals surface area contributed by atoms with Gasteiger partial charge in [-0.1, -0.05) is 18.9 Å². The van der Waals surface area contributed by atoms with Crippen molar-refractivity contribution in [2.24, 2.45) is 0 Å². The SMILES string of the molecule is CONC(=O)c1cc(F)ccc1C1CCCC1. The van der Waals surface area contributed by atoms with E-state index in [2.05, 4.69) is 10.3 Å². The van der Waals surface area contributed by atoms with Gasteiger partial charge in [0.15, 0.2) is 0 Å². The van der Waals surface area contributed by atoms with Crippen LogP contribution in [0.1, 0.15) is 47.5 Å². The normalized spacial score (nSPS) is 16.1. The number of carbonyl (C=O) groups is 1. The maximum atomic E-state index is 13.2. The van der Waals surface area contributed by atoms with E-state index in [9.17, 15) is 9.18 Å². The molecule has 17 heavy (non-hydrogen) atoms. The first-order valence-electron chi connectivity index (χ1n) is 5.85. The van der Waals surface area contributed by atoms with Gasteiger partial charge in [0.05, 0.1) is 7.11 Å². The standard InChI is InChI=1S/C13H16FNO2/c1-17-15-13(16)12-8-10(14)6-7-11(12)9-4-2-3-5-9/h6-9H,2-5H2,1H3,(H,15,16). The van der Waals surface area contributed by atoms with E-state index in [1.54, 1.807) is 6.07 Å². The van der Waals surface area contributed by atoms with Crippen LogP contribution in [0.25, 0.3) is 0 Å². The molecule has 0 saturated heterocycles. The van der Waals surface area contributed by atoms with E-state index >= 15 is 0 Å². The van der Waals surface area contributed by atoms with Crippen molar-refractivity contribution in [2.75, 3.05) is 7.11 Å². The molecule has 1 amide bonds. The molecule has 0 bridgehead atoms. The predicted octanol–water partition coefficient (Wildman–Crippen LogP) is 2.77. The van der Waals surface area contributed by atoms with Gasteiger partial charge in [0.1, 0.15) is 5.82 Å². The third kappa shape index (κ3) is 2.64. The van der Waals surface area contributed by atoms with Crippen molar-refractivity contribution in [3.05, 3.63) is 35.1 Å². The van der Waals surface area contributed by atoms with Crippen molar-refractivity contribution in [2.45, 2.75) is 31.6 Å². The van der Waals surface area contributed by atoms with Crippen molar-refractivity contribution >= 4 is 5.91 Å². The molecule has 0 unspecified atom stereocenters. The Morgan fingerprint density at radius 2 is 2.12 bits per heavy atom. The van der Waals surface area contributed by atoms with Crippen LogP contribution in [0.4, 0.5) is 4.39 Å². The summed E-state index contributed by atoms with van der Waals surface area (Å²) in [5.74, 6) is -0.407. The molecule has 4 heteroatoms. The smallest absolute Gasteiger partial charge is 0.275 e. The molecule has 0 aromatic heterocycles. The van der Waals surface area contributed by atoms with Crippen LogP contribution in [-0.2, 0) is 4.84 Å². The third-order valence-corrected chi connectivity index (χ3v) is 3.25. The van der Waals surface area contributed by atoms with Crippen molar-refractivity contribution in [3.63, 3.8) is 0 Å². The van der Waals surface area contributed by atoms with Crippen LogP contribution >= 0.6 is 0 Å². The van der Waals surface area contributed by atoms with Gasteiger partial charge in [-0.15, -0.1) is 0 Å². The molecule has 0 radical (unpaired) electrons. The summed E-state index contributed by atoms with van der Waals surface area (Å²) >= 11 is 0. The number of hydrogen-bond acceptors (Lipinski definition) is 2. The first-order chi connectivity index (χ1) is 8.22. The zero-order chi connectivity index (χ0) is 12.3. The summed E-state index contributed by atoms with van der Waals surface area (Å²) in [7, 11) is 1.37. The van der Waals surface area contributed by atoms with Gasteiger partial charge in [-0.25, -0.2) is 9.87 Å². The molecule has 0 atom stereocenters. The minimum atomic E-state index is -0.395. The Kier molecular flexibility index (Phi) is 3.74. The van der Waals surface area contributed by atoms with Crippen molar-refractivity contribution in [1.29, 1.82) is 0 Å². The highest BCUT2D eigenvalue weighted by Crippen LogP contribution is 2.35. The number of hydrogen-bond donors (Lipinski definition) is 1. The molecule has 92 valence electrons. The fraction of sp³-hybridized carbons (Fsp3) is 0.462. The fourth-order valence-corrected chi connectivity index (χ4v) is 2.47. The van der Waals surface area contributed by atoms with Crippen LogP contribution in [0.3, 0.4) is 0 Å². The molecule has 0 heterocycles. The number of rotatable bonds is 3. The van der Waals surface area contributed by atoms with E-state index in [1.165, 1.54) is 32.1 Å². The summed E-state index contributed by atoms with van der Waals surface area (Å²) in [5, 5.41) is 0. The molecule has 1 aliphatic rings. The first kappa shape index (κ1) is 12.0. The number of amides is 1. The van der Waals surface area contributed by atoms with Crippen LogP contribution in [0.2, 0.25) is 0 Å². The summed E-state index contributed by atoms with van der Waals surface area (Å²) < 4.78 is 13.2. The van der Waals surface area contributed by atoms with Crippen molar-refractivity contribution in [1.82, 2.24) is 5.48 Å². The Morgan fingerprint density at radius 1 is 1.41 bits per heavy atom. The topological polar surface area (TPSA) is 38.3 Å². The second kappa shape index (κ2) is 5.27. The maximum Gasteiger partial charge on any atom is 0.275 e. The largest absolute Gasteiger partial charge is 0.277 e. The lowest BCUT2D eigenvalue weighted by Gasteiger charge is -2.14. The van der Waals surface area contributed by atoms with Crippen LogP contribution in [-0.4, -0.2) is 13.0 Å². The Hall–Kier alpha value is -1.42. The fourth-order valence-electron chi connectivity index (χ4n) is 2.47. The summed E-state index contributed by atoms with van der Waals surface area (Å²) in [6, 6.07) is 4.41. The Bertz CT molecular complexity index is 414. The number of hydroxylamine groups is 1. The van der Waals surface area contributed by atoms with E-state index in [0.717, 1.165) is 18.4 Å². The lowest BCUT2D eigenvalue weighted by molar-refractivity contribution is 0.0536. The minimum absolute atomic E-state index is 0.369. The monoisotopic (exact) mass is 237 g/mol. The van der Waals surface area contributed by atoms with Gasteiger partial charge in [-0.2, -0.15) is 0 Å². The quantitative estimate of drug-likeness (QED) is 0.821. The second-order valence-corrected chi connectivity index (χ2v) is 4.35. The molecule has 1 fully saturated rings. The molecule has 1 aromatic carbocycles. The zero-order valence-electron chi connectivity index (χ0n) is 9.83. The summed E-state index contributed by atoms with van der Waals surface area (Å²) in [6.45, 7) is 0. The number of nitrogens with one attached hydrogen (secondary N) is 1. The molecule has 1 aromatic rings. The molecule has 1 aliphatic carbocycles. The summed E-state index contributed by atoms with van der Waals surface area (Å²) in [4.78, 5) is 16.4. The first-order valence-corrected chi connectivity index (χ1v) is 5.85. The average molecular weight is 237 g/mol. The van der Waals surface area contributed by atoms with E-state index < -0.39 is 5.82 Å². The maximum absolute atomic E-state index is 13.2. The van der Waals surface area contributed by atoms with Gasteiger partial charge in [-0.3, -0.25) is 9.63 Å². The predicted molar refractivity (Wildman–Crippen MR) is 62.1 cm³/mol. The number of carbonyl (C=O) groups excluding carboxylic acids is 1. The average Bonchev–Trinajstić information content (AvgIpc) is 2.82. The molecule has 1 saturated carbocycles. The Labute approximate surface area is 99.9 Å². The highest BCUT2D eigenvalue weighted by atomic mass is 19.1. The number of halogens is 1. The molecular weight excluding hydrogens is 221 g/mol. The van der Waals surface area contributed by atoms with Crippen LogP contribution < -0.4 is 5.48 Å². The lowest BCUT2D eigenvalue weighted by atomic mass is 9.92. The van der Waals surface area contributed by atoms with Gasteiger partial charge < -0.3 is 0 Å². The minimum Gasteiger partial charge on any atom is -0.277 e. The zero-order valence-corrected chi connectivity index (χ0v) is 9.83. The Balaban J connectivity index is 2.33. The van der Waals surface area contributed by atoms with Gasteiger partial charge in [0.25, 0.3) is 5.91 Å². The summed E-state index contributed by atoms with van der Waals surface area (Å²) in [5.41, 5.74) is 3.56. The molecule has 0 spiro atoms. The van der Waals surface area contributed by atoms with Crippen molar-refractivity contribution < 1.29 is 14.0 Å². The Morgan fingerprint density at radius 3 is 2.76 bits per heavy atom. The van der Waals surface area contributed by atoms with Gasteiger partial charge in [-0.05, 0) is 36.5 Å². The molecular formula is C13H16FNO2. The van der Waals surface area contributed by atoms with E-state index in [4.69, 9.17) is 0 Å². The molecule has 1 N–H and O–H groups in total. The molecule has 3 nitrogen and oxygen atoms in total. The highest BCUT2D eigenvalue weighted by molar-refractivity contribution is 5.95. The van der Waals surface area contributed by atoms with Gasteiger partial charge in [0.2, 0.25) is 0 Å². The van der Waals surface area contributed by atoms with Crippen LogP contribution in [0.5, 0.6) is 0 Å². The number of benzene rings is 1. The third-order valence-electron chi connectivity index (χ3n) is 3.25. The van der Waals surface area contributed by atoms with Crippen molar-refractivity contribution in [3.8, 4) is 0 Å². The molecule has 0 aliphatic heterocycles. The van der Waals surface area contributed by atoms with Gasteiger partial charge in [0, 0.05) is 5.56 Å².